The van der Waals surface area contributed by atoms with Crippen LogP contribution in [0.3, 0.4) is 0 Å². The maximum absolute atomic E-state index is 12.5. The molecule has 0 aliphatic heterocycles. The minimum absolute atomic E-state index is 0.135. The van der Waals surface area contributed by atoms with Crippen LogP contribution in [0.25, 0.3) is 10.8 Å². The lowest BCUT2D eigenvalue weighted by atomic mass is 10.0. The van der Waals surface area contributed by atoms with Crippen molar-refractivity contribution in [1.82, 2.24) is 9.78 Å². The van der Waals surface area contributed by atoms with Gasteiger partial charge in [-0.05, 0) is 22.9 Å². The molecule has 0 spiro atoms. The SMILES string of the molecule is O=C(c1ccc2ccccc2c1)c1ccn(CCS(=O)(=O)F)n1. The predicted octanol–water partition coefficient (Wildman–Crippen LogP) is 2.57. The van der Waals surface area contributed by atoms with Gasteiger partial charge in [-0.2, -0.15) is 13.5 Å². The van der Waals surface area contributed by atoms with E-state index in [2.05, 4.69) is 5.10 Å². The third-order valence-electron chi connectivity index (χ3n) is 3.45. The molecule has 3 aromatic rings. The molecular weight excluding hydrogens is 319 g/mol. The smallest absolute Gasteiger partial charge is 0.287 e. The van der Waals surface area contributed by atoms with E-state index in [9.17, 15) is 17.1 Å². The number of aromatic nitrogens is 2. The van der Waals surface area contributed by atoms with E-state index >= 15 is 0 Å². The van der Waals surface area contributed by atoms with Gasteiger partial charge in [0.25, 0.3) is 0 Å². The van der Waals surface area contributed by atoms with Gasteiger partial charge in [0.15, 0.2) is 0 Å². The number of fused-ring (bicyclic) bond motifs is 1. The number of benzene rings is 2. The van der Waals surface area contributed by atoms with Gasteiger partial charge in [0.1, 0.15) is 5.69 Å². The highest BCUT2D eigenvalue weighted by atomic mass is 32.3. The first-order valence-corrected chi connectivity index (χ1v) is 8.47. The highest BCUT2D eigenvalue weighted by Crippen LogP contribution is 2.17. The summed E-state index contributed by atoms with van der Waals surface area (Å²) in [5, 5.41) is 5.98. The summed E-state index contributed by atoms with van der Waals surface area (Å²) in [6.07, 6.45) is 1.46. The molecule has 0 amide bonds. The monoisotopic (exact) mass is 332 g/mol. The Morgan fingerprint density at radius 1 is 1.09 bits per heavy atom. The van der Waals surface area contributed by atoms with E-state index < -0.39 is 16.0 Å². The second-order valence-corrected chi connectivity index (χ2v) is 6.58. The van der Waals surface area contributed by atoms with Crippen molar-refractivity contribution < 1.29 is 17.1 Å². The molecule has 0 bridgehead atoms. The number of rotatable bonds is 5. The summed E-state index contributed by atoms with van der Waals surface area (Å²) in [6, 6.07) is 14.5. The summed E-state index contributed by atoms with van der Waals surface area (Å²) in [6.45, 7) is -0.135. The Labute approximate surface area is 132 Å². The van der Waals surface area contributed by atoms with Crippen molar-refractivity contribution in [2.24, 2.45) is 0 Å². The van der Waals surface area contributed by atoms with Crippen LogP contribution in [0.1, 0.15) is 16.1 Å². The molecule has 118 valence electrons. The van der Waals surface area contributed by atoms with Crippen LogP contribution >= 0.6 is 0 Å². The van der Waals surface area contributed by atoms with E-state index in [0.717, 1.165) is 10.8 Å². The van der Waals surface area contributed by atoms with E-state index in [4.69, 9.17) is 0 Å². The molecule has 0 N–H and O–H groups in total. The van der Waals surface area contributed by atoms with Crippen molar-refractivity contribution in [2.45, 2.75) is 6.54 Å². The highest BCUT2D eigenvalue weighted by molar-refractivity contribution is 7.86. The molecule has 0 radical (unpaired) electrons. The van der Waals surface area contributed by atoms with Crippen LogP contribution in [0.5, 0.6) is 0 Å². The fourth-order valence-corrected chi connectivity index (χ4v) is 2.69. The van der Waals surface area contributed by atoms with Gasteiger partial charge in [0, 0.05) is 11.8 Å². The Hall–Kier alpha value is -2.54. The van der Waals surface area contributed by atoms with Crippen molar-refractivity contribution >= 4 is 26.8 Å². The number of nitrogens with zero attached hydrogens (tertiary/aromatic N) is 2. The van der Waals surface area contributed by atoms with E-state index in [1.165, 1.54) is 16.9 Å². The minimum atomic E-state index is -4.56. The zero-order valence-electron chi connectivity index (χ0n) is 12.0. The quantitative estimate of drug-likeness (QED) is 0.532. The van der Waals surface area contributed by atoms with Crippen LogP contribution in [0.4, 0.5) is 3.89 Å². The third-order valence-corrected chi connectivity index (χ3v) is 4.12. The summed E-state index contributed by atoms with van der Waals surface area (Å²) in [5.41, 5.74) is 0.684. The van der Waals surface area contributed by atoms with Crippen molar-refractivity contribution in [3.63, 3.8) is 0 Å². The summed E-state index contributed by atoms with van der Waals surface area (Å²) < 4.78 is 34.8. The van der Waals surface area contributed by atoms with Gasteiger partial charge < -0.3 is 0 Å². The number of hydrogen-bond donors (Lipinski definition) is 0. The summed E-state index contributed by atoms with van der Waals surface area (Å²) in [4.78, 5) is 12.4. The van der Waals surface area contributed by atoms with Crippen molar-refractivity contribution in [3.05, 3.63) is 66.0 Å². The molecule has 23 heavy (non-hydrogen) atoms. The molecule has 3 rings (SSSR count). The molecule has 0 fully saturated rings. The Balaban J connectivity index is 1.83. The van der Waals surface area contributed by atoms with E-state index in [1.807, 2.05) is 30.3 Å². The van der Waals surface area contributed by atoms with Crippen LogP contribution in [0, 0.1) is 0 Å². The first-order valence-electron chi connectivity index (χ1n) is 6.92. The van der Waals surface area contributed by atoms with Crippen LogP contribution in [0.2, 0.25) is 0 Å². The van der Waals surface area contributed by atoms with Gasteiger partial charge in [-0.25, -0.2) is 0 Å². The Kier molecular flexibility index (Phi) is 3.96. The molecule has 0 saturated carbocycles. The van der Waals surface area contributed by atoms with Crippen molar-refractivity contribution in [1.29, 1.82) is 0 Å². The Bertz CT molecular complexity index is 980. The summed E-state index contributed by atoms with van der Waals surface area (Å²) in [7, 11) is -4.56. The van der Waals surface area contributed by atoms with Crippen LogP contribution in [-0.4, -0.2) is 29.7 Å². The zero-order chi connectivity index (χ0) is 16.4. The number of aryl methyl sites for hydroxylation is 1. The lowest BCUT2D eigenvalue weighted by Crippen LogP contribution is -2.10. The molecule has 0 unspecified atom stereocenters. The van der Waals surface area contributed by atoms with E-state index in [0.29, 0.717) is 5.56 Å². The fourth-order valence-electron chi connectivity index (χ4n) is 2.29. The Morgan fingerprint density at radius 2 is 1.83 bits per heavy atom. The number of ketones is 1. The summed E-state index contributed by atoms with van der Waals surface area (Å²) >= 11 is 0. The minimum Gasteiger partial charge on any atom is -0.287 e. The predicted molar refractivity (Wildman–Crippen MR) is 84.5 cm³/mol. The average Bonchev–Trinajstić information content (AvgIpc) is 3.00. The Morgan fingerprint density at radius 3 is 2.57 bits per heavy atom. The van der Waals surface area contributed by atoms with E-state index in [1.54, 1.807) is 12.1 Å². The third kappa shape index (κ3) is 3.62. The van der Waals surface area contributed by atoms with E-state index in [-0.39, 0.29) is 18.0 Å². The molecule has 5 nitrogen and oxygen atoms in total. The van der Waals surface area contributed by atoms with Gasteiger partial charge in [-0.1, -0.05) is 36.4 Å². The lowest BCUT2D eigenvalue weighted by molar-refractivity contribution is 0.103. The second kappa shape index (κ2) is 5.92. The molecule has 2 aromatic carbocycles. The highest BCUT2D eigenvalue weighted by Gasteiger charge is 2.14. The van der Waals surface area contributed by atoms with Gasteiger partial charge in [-0.15, -0.1) is 3.89 Å². The standard InChI is InChI=1S/C16H13FN2O3S/c17-23(21,22)10-9-19-8-7-15(18-19)16(20)14-6-5-12-3-1-2-4-13(12)11-14/h1-8,11H,9-10H2. The molecule has 1 heterocycles. The topological polar surface area (TPSA) is 69.0 Å². The van der Waals surface area contributed by atoms with Crippen LogP contribution in [-0.2, 0) is 16.8 Å². The fraction of sp³-hybridized carbons (Fsp3) is 0.125. The number of carbonyl (C=O) groups is 1. The zero-order valence-corrected chi connectivity index (χ0v) is 12.8. The maximum Gasteiger partial charge on any atom is 0.304 e. The lowest BCUT2D eigenvalue weighted by Gasteiger charge is -2.02. The number of carbonyl (C=O) groups excluding carboxylic acids is 1. The normalized spacial score (nSPS) is 11.7. The maximum atomic E-state index is 12.5. The van der Waals surface area contributed by atoms with Gasteiger partial charge in [0.2, 0.25) is 5.78 Å². The molecular formula is C16H13FN2O3S. The van der Waals surface area contributed by atoms with Gasteiger partial charge in [-0.3, -0.25) is 9.48 Å². The average molecular weight is 332 g/mol. The molecule has 0 aliphatic carbocycles. The van der Waals surface area contributed by atoms with Crippen molar-refractivity contribution in [2.75, 3.05) is 5.75 Å². The van der Waals surface area contributed by atoms with Crippen molar-refractivity contribution in [3.8, 4) is 0 Å². The molecule has 0 atom stereocenters. The van der Waals surface area contributed by atoms with Crippen LogP contribution < -0.4 is 0 Å². The first-order chi connectivity index (χ1) is 10.9. The molecule has 0 saturated heterocycles. The second-order valence-electron chi connectivity index (χ2n) is 5.10. The van der Waals surface area contributed by atoms with Crippen LogP contribution in [0.15, 0.2) is 54.7 Å². The number of hydrogen-bond acceptors (Lipinski definition) is 4. The molecule has 1 aromatic heterocycles. The molecule has 0 aliphatic rings. The first kappa shape index (κ1) is 15.4. The van der Waals surface area contributed by atoms with Gasteiger partial charge in [0.05, 0.1) is 12.3 Å². The van der Waals surface area contributed by atoms with Gasteiger partial charge >= 0.3 is 10.2 Å². The largest absolute Gasteiger partial charge is 0.304 e. The number of halogens is 1. The summed E-state index contributed by atoms with van der Waals surface area (Å²) in [5.74, 6) is -0.934. The molecule has 7 heteroatoms.